The Hall–Kier alpha value is -2.64. The molecule has 4 aliphatic rings. The maximum atomic E-state index is 14.6. The molecule has 0 saturated carbocycles. The Morgan fingerprint density at radius 3 is 2.23 bits per heavy atom. The third kappa shape index (κ3) is 2.39. The molecule has 1 aliphatic carbocycles. The lowest BCUT2D eigenvalue weighted by Crippen LogP contribution is -2.60. The Morgan fingerprint density at radius 2 is 1.54 bits per heavy atom. The Bertz CT molecular complexity index is 1440. The minimum absolute atomic E-state index is 0.209. The Labute approximate surface area is 215 Å². The van der Waals surface area contributed by atoms with Crippen LogP contribution in [0.1, 0.15) is 37.8 Å². The predicted molar refractivity (Wildman–Crippen MR) is 136 cm³/mol. The van der Waals surface area contributed by atoms with Gasteiger partial charge in [0.2, 0.25) is 0 Å². The quantitative estimate of drug-likeness (QED) is 0.436. The van der Waals surface area contributed by atoms with Crippen LogP contribution in [0.3, 0.4) is 0 Å². The van der Waals surface area contributed by atoms with Crippen LogP contribution in [0.4, 0.5) is 5.69 Å². The van der Waals surface area contributed by atoms with Crippen molar-refractivity contribution >= 4 is 58.1 Å². The number of ketones is 2. The van der Waals surface area contributed by atoms with Crippen LogP contribution in [0.5, 0.6) is 0 Å². The van der Waals surface area contributed by atoms with E-state index in [9.17, 15) is 14.4 Å². The van der Waals surface area contributed by atoms with Crippen molar-refractivity contribution in [1.82, 2.24) is 4.90 Å². The molecule has 3 aliphatic heterocycles. The van der Waals surface area contributed by atoms with E-state index < -0.39 is 16.9 Å². The van der Waals surface area contributed by atoms with Gasteiger partial charge in [-0.3, -0.25) is 19.3 Å². The number of thioether (sulfide) groups is 1. The molecule has 7 rings (SSSR count). The highest BCUT2D eigenvalue weighted by Crippen LogP contribution is 2.70. The summed E-state index contributed by atoms with van der Waals surface area (Å²) in [6.45, 7) is 0. The zero-order valence-corrected chi connectivity index (χ0v) is 20.6. The van der Waals surface area contributed by atoms with Crippen molar-refractivity contribution in [2.45, 2.75) is 17.5 Å². The second-order valence-corrected chi connectivity index (χ2v) is 11.3. The summed E-state index contributed by atoms with van der Waals surface area (Å²) in [6.07, 6.45) is 0. The van der Waals surface area contributed by atoms with E-state index in [4.69, 9.17) is 23.2 Å². The molecule has 2 fully saturated rings. The number of halogens is 2. The van der Waals surface area contributed by atoms with Crippen molar-refractivity contribution in [1.29, 1.82) is 0 Å². The van der Waals surface area contributed by atoms with Gasteiger partial charge in [0.25, 0.3) is 5.91 Å². The van der Waals surface area contributed by atoms with Gasteiger partial charge in [-0.15, -0.1) is 11.8 Å². The van der Waals surface area contributed by atoms with E-state index >= 15 is 0 Å². The van der Waals surface area contributed by atoms with Crippen LogP contribution in [0.2, 0.25) is 10.0 Å². The van der Waals surface area contributed by atoms with E-state index in [1.165, 1.54) is 0 Å². The van der Waals surface area contributed by atoms with Gasteiger partial charge in [0.1, 0.15) is 5.41 Å². The summed E-state index contributed by atoms with van der Waals surface area (Å²) >= 11 is 14.4. The molecular formula is C27H18Cl2N2O3S. The number of nitrogens with zero attached hydrogens (tertiary/aromatic N) is 1. The molecule has 2 saturated heterocycles. The molecule has 3 heterocycles. The van der Waals surface area contributed by atoms with Crippen molar-refractivity contribution < 1.29 is 14.4 Å². The van der Waals surface area contributed by atoms with Crippen LogP contribution in [0.25, 0.3) is 0 Å². The summed E-state index contributed by atoms with van der Waals surface area (Å²) in [5.41, 5.74) is -0.451. The fourth-order valence-corrected chi connectivity index (χ4v) is 8.52. The first-order chi connectivity index (χ1) is 16.9. The molecule has 3 aromatic carbocycles. The van der Waals surface area contributed by atoms with Crippen LogP contribution in [-0.2, 0) is 10.3 Å². The molecule has 0 radical (unpaired) electrons. The molecular weight excluding hydrogens is 503 g/mol. The summed E-state index contributed by atoms with van der Waals surface area (Å²) in [5.74, 6) is -0.296. The Kier molecular flexibility index (Phi) is 4.45. The summed E-state index contributed by atoms with van der Waals surface area (Å²) < 4.78 is 0. The standard InChI is InChI=1S/C27H18Cl2N2O3S/c28-15-7-5-14(6-8-15)22-21-12-35-13-31(21)27(19-11-16(29)9-10-20(19)30-25(27)34)26(22)23(32)17-3-1-2-4-18(17)24(26)33/h1-11,21-22H,12-13H2,(H,30,34)/t21-,22-,27-/m0/s1. The molecule has 5 nitrogen and oxygen atoms in total. The SMILES string of the molecule is O=C1c2ccccc2C(=O)C12[C@@H](c1ccc(Cl)cc1)[C@@H]1CSCN1[C@@]21C(=O)Nc2ccc(Cl)cc21. The summed E-state index contributed by atoms with van der Waals surface area (Å²) in [6, 6.07) is 19.2. The summed E-state index contributed by atoms with van der Waals surface area (Å²) in [7, 11) is 0. The molecule has 1 amide bonds. The van der Waals surface area contributed by atoms with Gasteiger partial charge in [-0.1, -0.05) is 59.6 Å². The molecule has 174 valence electrons. The van der Waals surface area contributed by atoms with Gasteiger partial charge >= 0.3 is 0 Å². The van der Waals surface area contributed by atoms with Crippen LogP contribution in [0.15, 0.2) is 66.7 Å². The third-order valence-corrected chi connectivity index (χ3v) is 9.61. The zero-order valence-electron chi connectivity index (χ0n) is 18.3. The number of anilines is 1. The van der Waals surface area contributed by atoms with E-state index in [0.29, 0.717) is 44.1 Å². The third-order valence-electron chi connectivity index (χ3n) is 8.08. The summed E-state index contributed by atoms with van der Waals surface area (Å²) in [4.78, 5) is 45.5. The van der Waals surface area contributed by atoms with E-state index in [1.54, 1.807) is 66.4 Å². The number of hydrogen-bond acceptors (Lipinski definition) is 5. The lowest BCUT2D eigenvalue weighted by molar-refractivity contribution is -0.129. The largest absolute Gasteiger partial charge is 0.324 e. The smallest absolute Gasteiger partial charge is 0.251 e. The number of rotatable bonds is 1. The normalized spacial score (nSPS) is 28.0. The molecule has 1 N–H and O–H groups in total. The monoisotopic (exact) mass is 520 g/mol. The number of hydrogen-bond donors (Lipinski definition) is 1. The van der Waals surface area contributed by atoms with Gasteiger partial charge in [0, 0.05) is 56.0 Å². The van der Waals surface area contributed by atoms with Crippen molar-refractivity contribution in [2.75, 3.05) is 16.9 Å². The van der Waals surface area contributed by atoms with Crippen LogP contribution < -0.4 is 5.32 Å². The molecule has 0 unspecified atom stereocenters. The first-order valence-electron chi connectivity index (χ1n) is 11.3. The van der Waals surface area contributed by atoms with Crippen molar-refractivity contribution in [3.8, 4) is 0 Å². The van der Waals surface area contributed by atoms with E-state index in [-0.39, 0.29) is 23.5 Å². The van der Waals surface area contributed by atoms with Crippen molar-refractivity contribution in [3.05, 3.63) is 99.0 Å². The molecule has 0 aromatic heterocycles. The van der Waals surface area contributed by atoms with E-state index in [0.717, 1.165) is 5.56 Å². The number of Topliss-reactive ketones (excluding diaryl/α,β-unsaturated/α-hetero) is 2. The second kappa shape index (κ2) is 7.20. The van der Waals surface area contributed by atoms with E-state index in [2.05, 4.69) is 10.2 Å². The molecule has 35 heavy (non-hydrogen) atoms. The fraction of sp³-hybridized carbons (Fsp3) is 0.222. The topological polar surface area (TPSA) is 66.5 Å². The van der Waals surface area contributed by atoms with Gasteiger partial charge in [-0.2, -0.15) is 0 Å². The van der Waals surface area contributed by atoms with Gasteiger partial charge in [0.15, 0.2) is 17.1 Å². The van der Waals surface area contributed by atoms with Gasteiger partial charge in [-0.05, 0) is 35.9 Å². The number of benzene rings is 3. The van der Waals surface area contributed by atoms with Crippen molar-refractivity contribution in [3.63, 3.8) is 0 Å². The molecule has 3 atom stereocenters. The maximum Gasteiger partial charge on any atom is 0.251 e. The predicted octanol–water partition coefficient (Wildman–Crippen LogP) is 5.38. The average Bonchev–Trinajstić information content (AvgIpc) is 3.56. The minimum atomic E-state index is -1.67. The average molecular weight is 521 g/mol. The molecule has 2 spiro atoms. The lowest BCUT2D eigenvalue weighted by atomic mass is 9.57. The highest BCUT2D eigenvalue weighted by Gasteiger charge is 2.82. The first-order valence-corrected chi connectivity index (χ1v) is 13.2. The number of nitrogens with one attached hydrogen (secondary N) is 1. The first kappa shape index (κ1) is 21.6. The maximum absolute atomic E-state index is 14.6. The Balaban J connectivity index is 1.63. The molecule has 8 heteroatoms. The summed E-state index contributed by atoms with van der Waals surface area (Å²) in [5, 5.41) is 4.01. The Morgan fingerprint density at radius 1 is 0.886 bits per heavy atom. The second-order valence-electron chi connectivity index (χ2n) is 9.43. The highest BCUT2D eigenvalue weighted by atomic mass is 35.5. The van der Waals surface area contributed by atoms with Gasteiger partial charge in [-0.25, -0.2) is 0 Å². The number of carbonyl (C=O) groups excluding carboxylic acids is 3. The molecule has 3 aromatic rings. The zero-order chi connectivity index (χ0) is 24.1. The van der Waals surface area contributed by atoms with E-state index in [1.807, 2.05) is 12.1 Å². The lowest BCUT2D eigenvalue weighted by Gasteiger charge is -2.42. The number of fused-ring (bicyclic) bond motifs is 6. The van der Waals surface area contributed by atoms with Gasteiger partial charge < -0.3 is 5.32 Å². The molecule has 0 bridgehead atoms. The minimum Gasteiger partial charge on any atom is -0.324 e. The van der Waals surface area contributed by atoms with Crippen LogP contribution in [-0.4, -0.2) is 40.0 Å². The van der Waals surface area contributed by atoms with Gasteiger partial charge in [0.05, 0.1) is 0 Å². The number of carbonyl (C=O) groups is 3. The van der Waals surface area contributed by atoms with Crippen LogP contribution in [0, 0.1) is 5.41 Å². The fourth-order valence-electron chi connectivity index (χ4n) is 6.92. The highest BCUT2D eigenvalue weighted by molar-refractivity contribution is 7.99. The van der Waals surface area contributed by atoms with Crippen molar-refractivity contribution in [2.24, 2.45) is 5.41 Å². The number of amides is 1. The van der Waals surface area contributed by atoms with Crippen LogP contribution >= 0.6 is 35.0 Å².